The Balaban J connectivity index is 0.00000529. The molecule has 0 heterocycles. The van der Waals surface area contributed by atoms with Crippen molar-refractivity contribution in [3.05, 3.63) is 30.3 Å². The van der Waals surface area contributed by atoms with Gasteiger partial charge in [-0.05, 0) is 25.5 Å². The summed E-state index contributed by atoms with van der Waals surface area (Å²) in [5, 5.41) is 5.65. The lowest BCUT2D eigenvalue weighted by Gasteiger charge is -2.18. The van der Waals surface area contributed by atoms with Gasteiger partial charge in [0, 0.05) is 38.9 Å². The van der Waals surface area contributed by atoms with Crippen LogP contribution >= 0.6 is 24.0 Å². The Hall–Kier alpha value is -1.19. The highest BCUT2D eigenvalue weighted by Crippen LogP contribution is 2.18. The molecule has 8 heteroatoms. The Morgan fingerprint density at radius 3 is 2.42 bits per heavy atom. The molecule has 0 aliphatic rings. The molecule has 0 saturated carbocycles. The van der Waals surface area contributed by atoms with Crippen LogP contribution in [0.1, 0.15) is 19.8 Å². The molecular formula is C16H26F3IN4. The van der Waals surface area contributed by atoms with E-state index in [-0.39, 0.29) is 30.5 Å². The smallest absolute Gasteiger partial charge is 0.375 e. The van der Waals surface area contributed by atoms with Crippen LogP contribution in [0.4, 0.5) is 18.9 Å². The summed E-state index contributed by atoms with van der Waals surface area (Å²) in [5.74, 6) is 0.430. The van der Waals surface area contributed by atoms with Gasteiger partial charge in [-0.3, -0.25) is 4.99 Å². The Bertz CT molecular complexity index is 466. The molecule has 0 unspecified atom stereocenters. The van der Waals surface area contributed by atoms with Crippen molar-refractivity contribution in [2.24, 2.45) is 4.99 Å². The van der Waals surface area contributed by atoms with E-state index in [1.54, 1.807) is 0 Å². The minimum Gasteiger partial charge on any atom is -0.375 e. The van der Waals surface area contributed by atoms with Gasteiger partial charge in [-0.2, -0.15) is 13.2 Å². The molecule has 0 aliphatic carbocycles. The summed E-state index contributed by atoms with van der Waals surface area (Å²) in [4.78, 5) is 6.42. The Labute approximate surface area is 158 Å². The normalized spacial score (nSPS) is 11.6. The van der Waals surface area contributed by atoms with Crippen LogP contribution < -0.4 is 15.5 Å². The van der Waals surface area contributed by atoms with Gasteiger partial charge in [0.15, 0.2) is 5.96 Å². The van der Waals surface area contributed by atoms with Gasteiger partial charge in [0.25, 0.3) is 0 Å². The quantitative estimate of drug-likeness (QED) is 0.271. The van der Waals surface area contributed by atoms with Gasteiger partial charge in [-0.15, -0.1) is 24.0 Å². The van der Waals surface area contributed by atoms with Crippen LogP contribution in [-0.2, 0) is 0 Å². The molecule has 24 heavy (non-hydrogen) atoms. The van der Waals surface area contributed by atoms with Crippen molar-refractivity contribution in [3.63, 3.8) is 0 Å². The highest BCUT2D eigenvalue weighted by atomic mass is 127. The van der Waals surface area contributed by atoms with Crippen LogP contribution in [0.15, 0.2) is 35.3 Å². The Morgan fingerprint density at radius 1 is 1.17 bits per heavy atom. The fourth-order valence-electron chi connectivity index (χ4n) is 1.97. The van der Waals surface area contributed by atoms with Gasteiger partial charge >= 0.3 is 6.18 Å². The molecule has 0 bridgehead atoms. The molecule has 0 radical (unpaired) electrons. The number of alkyl halides is 3. The average Bonchev–Trinajstić information content (AvgIpc) is 2.51. The topological polar surface area (TPSA) is 39.7 Å². The molecule has 0 saturated heterocycles. The number of nitrogens with zero attached hydrogens (tertiary/aromatic N) is 2. The highest BCUT2D eigenvalue weighted by Gasteiger charge is 2.26. The Kier molecular flexibility index (Phi) is 11.6. The number of nitrogens with one attached hydrogen (secondary N) is 2. The maximum absolute atomic E-state index is 12.1. The van der Waals surface area contributed by atoms with Crippen LogP contribution in [0.5, 0.6) is 0 Å². The number of hydrogen-bond donors (Lipinski definition) is 2. The van der Waals surface area contributed by atoms with E-state index >= 15 is 0 Å². The summed E-state index contributed by atoms with van der Waals surface area (Å²) in [6.45, 7) is 3.71. The largest absolute Gasteiger partial charge is 0.390 e. The maximum Gasteiger partial charge on any atom is 0.390 e. The van der Waals surface area contributed by atoms with Crippen molar-refractivity contribution in [2.75, 3.05) is 38.1 Å². The summed E-state index contributed by atoms with van der Waals surface area (Å²) < 4.78 is 36.4. The third-order valence-electron chi connectivity index (χ3n) is 3.16. The first-order chi connectivity index (χ1) is 10.9. The zero-order chi connectivity index (χ0) is 17.1. The first kappa shape index (κ1) is 22.8. The van der Waals surface area contributed by atoms with E-state index in [9.17, 15) is 13.2 Å². The number of hydrogen-bond acceptors (Lipinski definition) is 2. The maximum atomic E-state index is 12.1. The predicted octanol–water partition coefficient (Wildman–Crippen LogP) is 3.64. The van der Waals surface area contributed by atoms with E-state index in [0.29, 0.717) is 19.0 Å². The number of halogens is 4. The van der Waals surface area contributed by atoms with Gasteiger partial charge in [0.05, 0.1) is 6.42 Å². The number of aliphatic imine (C=N–C) groups is 1. The van der Waals surface area contributed by atoms with E-state index < -0.39 is 12.6 Å². The second-order valence-electron chi connectivity index (χ2n) is 5.16. The average molecular weight is 458 g/mol. The first-order valence-corrected chi connectivity index (χ1v) is 7.77. The zero-order valence-corrected chi connectivity index (χ0v) is 16.4. The van der Waals surface area contributed by atoms with E-state index in [2.05, 4.69) is 20.5 Å². The minimum atomic E-state index is -4.15. The molecule has 138 valence electrons. The van der Waals surface area contributed by atoms with Crippen molar-refractivity contribution < 1.29 is 13.2 Å². The fraction of sp³-hybridized carbons (Fsp3) is 0.562. The number of guanidine groups is 1. The molecule has 1 rings (SSSR count). The standard InChI is InChI=1S/C16H25F3N4.HI/c1-3-20-15(22-12-10-16(17,18)19)21-11-7-13-23(2)14-8-5-4-6-9-14;/h4-6,8-9H,3,7,10-13H2,1-2H3,(H2,20,21,22);1H. The molecule has 1 aromatic carbocycles. The monoisotopic (exact) mass is 458 g/mol. The van der Waals surface area contributed by atoms with Gasteiger partial charge in [-0.25, -0.2) is 0 Å². The lowest BCUT2D eigenvalue weighted by atomic mass is 10.3. The predicted molar refractivity (Wildman–Crippen MR) is 104 cm³/mol. The fourth-order valence-corrected chi connectivity index (χ4v) is 1.97. The van der Waals surface area contributed by atoms with E-state index in [4.69, 9.17) is 0 Å². The molecule has 2 N–H and O–H groups in total. The zero-order valence-electron chi connectivity index (χ0n) is 14.1. The van der Waals surface area contributed by atoms with Crippen LogP contribution in [-0.4, -0.2) is 45.4 Å². The molecule has 1 aromatic rings. The van der Waals surface area contributed by atoms with Crippen molar-refractivity contribution in [1.82, 2.24) is 10.6 Å². The van der Waals surface area contributed by atoms with Crippen LogP contribution in [0.25, 0.3) is 0 Å². The number of benzene rings is 1. The molecular weight excluding hydrogens is 432 g/mol. The molecule has 0 aliphatic heterocycles. The van der Waals surface area contributed by atoms with Gasteiger partial charge < -0.3 is 15.5 Å². The lowest BCUT2D eigenvalue weighted by molar-refractivity contribution is -0.132. The second kappa shape index (κ2) is 12.2. The lowest BCUT2D eigenvalue weighted by Crippen LogP contribution is -2.39. The number of para-hydroxylation sites is 1. The van der Waals surface area contributed by atoms with Crippen molar-refractivity contribution in [3.8, 4) is 0 Å². The number of anilines is 1. The summed E-state index contributed by atoms with van der Waals surface area (Å²) >= 11 is 0. The van der Waals surface area contributed by atoms with Crippen LogP contribution in [0.3, 0.4) is 0 Å². The van der Waals surface area contributed by atoms with E-state index in [1.165, 1.54) is 0 Å². The van der Waals surface area contributed by atoms with Gasteiger partial charge in [-0.1, -0.05) is 18.2 Å². The van der Waals surface area contributed by atoms with Gasteiger partial charge in [0.2, 0.25) is 0 Å². The molecule has 0 fully saturated rings. The van der Waals surface area contributed by atoms with Crippen molar-refractivity contribution in [1.29, 1.82) is 0 Å². The minimum absolute atomic E-state index is 0. The van der Waals surface area contributed by atoms with Gasteiger partial charge in [0.1, 0.15) is 0 Å². The molecule has 4 nitrogen and oxygen atoms in total. The highest BCUT2D eigenvalue weighted by molar-refractivity contribution is 14.0. The second-order valence-corrected chi connectivity index (χ2v) is 5.16. The van der Waals surface area contributed by atoms with Crippen LogP contribution in [0.2, 0.25) is 0 Å². The molecule has 0 amide bonds. The summed E-state index contributed by atoms with van der Waals surface area (Å²) in [6, 6.07) is 10.0. The number of rotatable bonds is 8. The van der Waals surface area contributed by atoms with E-state index in [1.807, 2.05) is 44.3 Å². The molecule has 0 aromatic heterocycles. The van der Waals surface area contributed by atoms with E-state index in [0.717, 1.165) is 18.7 Å². The molecule has 0 atom stereocenters. The third kappa shape index (κ3) is 10.6. The SMILES string of the molecule is CCNC(=NCCCN(C)c1ccccc1)NCCC(F)(F)F.I. The summed E-state index contributed by atoms with van der Waals surface area (Å²) in [7, 11) is 2.01. The summed E-state index contributed by atoms with van der Waals surface area (Å²) in [5.41, 5.74) is 1.13. The van der Waals surface area contributed by atoms with Crippen molar-refractivity contribution >= 4 is 35.6 Å². The third-order valence-corrected chi connectivity index (χ3v) is 3.16. The summed E-state index contributed by atoms with van der Waals surface area (Å²) in [6.07, 6.45) is -4.20. The van der Waals surface area contributed by atoms with Crippen molar-refractivity contribution in [2.45, 2.75) is 25.9 Å². The van der Waals surface area contributed by atoms with Crippen LogP contribution in [0, 0.1) is 0 Å². The first-order valence-electron chi connectivity index (χ1n) is 7.77. The molecule has 0 spiro atoms. The Morgan fingerprint density at radius 2 is 1.83 bits per heavy atom.